The second-order valence-corrected chi connectivity index (χ2v) is 6.81. The summed E-state index contributed by atoms with van der Waals surface area (Å²) in [5.74, 6) is 0.800. The highest BCUT2D eigenvalue weighted by Gasteiger charge is 2.26. The van der Waals surface area contributed by atoms with E-state index in [2.05, 4.69) is 28.4 Å². The Morgan fingerprint density at radius 2 is 1.92 bits per heavy atom. The van der Waals surface area contributed by atoms with E-state index in [1.54, 1.807) is 12.1 Å². The monoisotopic (exact) mass is 342 g/mol. The number of alkyl halides is 2. The summed E-state index contributed by atoms with van der Waals surface area (Å²) in [5, 5.41) is 9.33. The van der Waals surface area contributed by atoms with E-state index in [9.17, 15) is 13.9 Å². The molecule has 1 N–H and O–H groups in total. The zero-order valence-corrected chi connectivity index (χ0v) is 14.5. The summed E-state index contributed by atoms with van der Waals surface area (Å²) in [4.78, 5) is 4.83. The second kappa shape index (κ2) is 9.30. The predicted octanol–water partition coefficient (Wildman–Crippen LogP) is 2.81. The maximum Gasteiger partial charge on any atom is 0.387 e. The molecule has 136 valence electrons. The molecule has 0 bridgehead atoms. The molecule has 1 aliphatic rings. The third-order valence-electron chi connectivity index (χ3n) is 4.31. The molecule has 1 saturated heterocycles. The Morgan fingerprint density at radius 1 is 1.21 bits per heavy atom. The van der Waals surface area contributed by atoms with Gasteiger partial charge in [-0.15, -0.1) is 0 Å². The van der Waals surface area contributed by atoms with E-state index in [-0.39, 0.29) is 12.4 Å². The van der Waals surface area contributed by atoms with E-state index in [0.717, 1.165) is 44.7 Å². The molecule has 0 aliphatic carbocycles. The number of piperazine rings is 1. The van der Waals surface area contributed by atoms with Crippen molar-refractivity contribution in [2.24, 2.45) is 5.92 Å². The molecule has 1 fully saturated rings. The summed E-state index contributed by atoms with van der Waals surface area (Å²) < 4.78 is 28.7. The number of rotatable bonds is 8. The fourth-order valence-electron chi connectivity index (χ4n) is 3.27. The van der Waals surface area contributed by atoms with Gasteiger partial charge in [0.05, 0.1) is 0 Å². The fourth-order valence-corrected chi connectivity index (χ4v) is 3.27. The molecule has 6 heteroatoms. The van der Waals surface area contributed by atoms with Crippen LogP contribution in [0.4, 0.5) is 8.78 Å². The Labute approximate surface area is 143 Å². The van der Waals surface area contributed by atoms with Gasteiger partial charge in [-0.25, -0.2) is 0 Å². The zero-order valence-electron chi connectivity index (χ0n) is 14.5. The molecule has 24 heavy (non-hydrogen) atoms. The largest absolute Gasteiger partial charge is 0.435 e. The summed E-state index contributed by atoms with van der Waals surface area (Å²) >= 11 is 0. The summed E-state index contributed by atoms with van der Waals surface area (Å²) in [5.41, 5.74) is 1.08. The van der Waals surface area contributed by atoms with Gasteiger partial charge in [0.2, 0.25) is 0 Å². The number of halogens is 2. The average Bonchev–Trinajstić information content (AvgIpc) is 2.51. The first-order valence-electron chi connectivity index (χ1n) is 8.59. The number of ether oxygens (including phenoxy) is 1. The maximum atomic E-state index is 12.2. The number of hydrogen-bond donors (Lipinski definition) is 1. The lowest BCUT2D eigenvalue weighted by molar-refractivity contribution is -0.0498. The van der Waals surface area contributed by atoms with E-state index in [1.807, 2.05) is 12.1 Å². The van der Waals surface area contributed by atoms with Gasteiger partial charge in [-0.1, -0.05) is 26.0 Å². The first kappa shape index (κ1) is 19.1. The molecular weight excluding hydrogens is 314 g/mol. The van der Waals surface area contributed by atoms with Crippen molar-refractivity contribution in [3.8, 4) is 5.75 Å². The highest BCUT2D eigenvalue weighted by atomic mass is 19.3. The topological polar surface area (TPSA) is 35.9 Å². The second-order valence-electron chi connectivity index (χ2n) is 6.81. The maximum absolute atomic E-state index is 12.2. The number of hydrogen-bond acceptors (Lipinski definition) is 4. The van der Waals surface area contributed by atoms with Gasteiger partial charge in [0.15, 0.2) is 0 Å². The first-order chi connectivity index (χ1) is 11.5. The zero-order chi connectivity index (χ0) is 17.5. The Kier molecular flexibility index (Phi) is 7.40. The van der Waals surface area contributed by atoms with E-state index in [1.165, 1.54) is 0 Å². The average molecular weight is 342 g/mol. The van der Waals surface area contributed by atoms with Gasteiger partial charge in [0.25, 0.3) is 0 Å². The van der Waals surface area contributed by atoms with Crippen LogP contribution >= 0.6 is 0 Å². The molecule has 1 atom stereocenters. The molecule has 1 aliphatic heterocycles. The van der Waals surface area contributed by atoms with Gasteiger partial charge in [-0.2, -0.15) is 8.78 Å². The Morgan fingerprint density at radius 3 is 2.50 bits per heavy atom. The Bertz CT molecular complexity index is 482. The lowest BCUT2D eigenvalue weighted by atomic mass is 10.1. The van der Waals surface area contributed by atoms with Crippen molar-refractivity contribution >= 4 is 0 Å². The van der Waals surface area contributed by atoms with Gasteiger partial charge >= 0.3 is 6.61 Å². The van der Waals surface area contributed by atoms with Crippen LogP contribution in [-0.4, -0.2) is 60.3 Å². The fraction of sp³-hybridized carbons (Fsp3) is 0.667. The van der Waals surface area contributed by atoms with Crippen molar-refractivity contribution < 1.29 is 18.6 Å². The predicted molar refractivity (Wildman–Crippen MR) is 90.3 cm³/mol. The molecule has 1 heterocycles. The van der Waals surface area contributed by atoms with Gasteiger partial charge in [0.1, 0.15) is 5.75 Å². The van der Waals surface area contributed by atoms with Crippen LogP contribution in [-0.2, 0) is 6.54 Å². The van der Waals surface area contributed by atoms with Crippen molar-refractivity contribution in [2.75, 3.05) is 32.8 Å². The minimum atomic E-state index is -2.79. The van der Waals surface area contributed by atoms with E-state index >= 15 is 0 Å². The third kappa shape index (κ3) is 6.00. The summed E-state index contributed by atoms with van der Waals surface area (Å²) in [6, 6.07) is 7.20. The van der Waals surface area contributed by atoms with Crippen LogP contribution in [0.25, 0.3) is 0 Å². The van der Waals surface area contributed by atoms with Crippen molar-refractivity contribution in [1.82, 2.24) is 9.80 Å². The third-order valence-corrected chi connectivity index (χ3v) is 4.31. The highest BCUT2D eigenvalue weighted by Crippen LogP contribution is 2.19. The van der Waals surface area contributed by atoms with Gasteiger partial charge in [-0.05, 0) is 30.0 Å². The highest BCUT2D eigenvalue weighted by molar-refractivity contribution is 5.27. The van der Waals surface area contributed by atoms with Crippen LogP contribution in [0.3, 0.4) is 0 Å². The molecule has 2 rings (SSSR count). The molecule has 0 unspecified atom stereocenters. The van der Waals surface area contributed by atoms with Crippen LogP contribution in [0.2, 0.25) is 0 Å². The normalized spacial score (nSPS) is 20.0. The van der Waals surface area contributed by atoms with E-state index in [4.69, 9.17) is 0 Å². The Hall–Kier alpha value is -1.24. The quantitative estimate of drug-likeness (QED) is 0.788. The molecule has 4 nitrogen and oxygen atoms in total. The van der Waals surface area contributed by atoms with Crippen molar-refractivity contribution in [1.29, 1.82) is 0 Å². The minimum absolute atomic E-state index is 0.189. The molecule has 0 amide bonds. The summed E-state index contributed by atoms with van der Waals surface area (Å²) in [7, 11) is 0. The first-order valence-corrected chi connectivity index (χ1v) is 8.59. The molecular formula is C18H28F2N2O2. The van der Waals surface area contributed by atoms with Crippen molar-refractivity contribution in [3.05, 3.63) is 29.8 Å². The minimum Gasteiger partial charge on any atom is -0.435 e. The molecule has 0 spiro atoms. The van der Waals surface area contributed by atoms with Crippen LogP contribution < -0.4 is 4.74 Å². The van der Waals surface area contributed by atoms with E-state index in [0.29, 0.717) is 12.0 Å². The van der Waals surface area contributed by atoms with Gasteiger partial charge in [0, 0.05) is 45.4 Å². The number of nitrogens with zero attached hydrogens (tertiary/aromatic N) is 2. The molecule has 0 aromatic heterocycles. The van der Waals surface area contributed by atoms with Crippen LogP contribution in [0.15, 0.2) is 24.3 Å². The van der Waals surface area contributed by atoms with E-state index < -0.39 is 6.61 Å². The van der Waals surface area contributed by atoms with Crippen LogP contribution in [0.1, 0.15) is 25.8 Å². The molecule has 1 aromatic carbocycles. The van der Waals surface area contributed by atoms with Gasteiger partial charge < -0.3 is 9.84 Å². The number of benzene rings is 1. The number of aliphatic hydroxyl groups excluding tert-OH is 1. The van der Waals surface area contributed by atoms with Crippen molar-refractivity contribution in [2.45, 2.75) is 39.5 Å². The lowest BCUT2D eigenvalue weighted by Crippen LogP contribution is -2.53. The van der Waals surface area contributed by atoms with Gasteiger partial charge in [-0.3, -0.25) is 9.80 Å². The van der Waals surface area contributed by atoms with Crippen LogP contribution in [0.5, 0.6) is 5.75 Å². The summed E-state index contributed by atoms with van der Waals surface area (Å²) in [6.45, 7) is 6.57. The molecule has 0 saturated carbocycles. The lowest BCUT2D eigenvalue weighted by Gasteiger charge is -2.42. The standard InChI is InChI=1S/C18H28F2N2O2/c1-14(2)11-22-9-8-21(13-16(22)7-10-23)12-15-3-5-17(6-4-15)24-18(19)20/h3-6,14,16,18,23H,7-13H2,1-2H3/t16-/m0/s1. The molecule has 1 aromatic rings. The van der Waals surface area contributed by atoms with Crippen LogP contribution in [0, 0.1) is 5.92 Å². The number of aliphatic hydroxyl groups is 1. The smallest absolute Gasteiger partial charge is 0.387 e. The Balaban J connectivity index is 1.91. The summed E-state index contributed by atoms with van der Waals surface area (Å²) in [6.07, 6.45) is 0.782. The van der Waals surface area contributed by atoms with Crippen molar-refractivity contribution in [3.63, 3.8) is 0 Å². The SMILES string of the molecule is CC(C)CN1CCN(Cc2ccc(OC(F)F)cc2)C[C@@H]1CCO. The molecule has 0 radical (unpaired) electrons.